The Morgan fingerprint density at radius 1 is 0.952 bits per heavy atom. The van der Waals surface area contributed by atoms with E-state index in [-0.39, 0.29) is 6.04 Å². The molecule has 0 aromatic heterocycles. The van der Waals surface area contributed by atoms with Gasteiger partial charge in [-0.15, -0.1) is 0 Å². The molecule has 1 unspecified atom stereocenters. The average molecular weight is 295 g/mol. The Hall–Kier alpha value is -1.42. The SMILES string of the molecule is CNC(CCCC(C)C)c1ccc(OC)c(OC)c1OC. The van der Waals surface area contributed by atoms with Crippen molar-refractivity contribution in [2.75, 3.05) is 28.4 Å². The zero-order valence-corrected chi connectivity index (χ0v) is 14.2. The molecule has 0 fully saturated rings. The van der Waals surface area contributed by atoms with Gasteiger partial charge in [0, 0.05) is 11.6 Å². The summed E-state index contributed by atoms with van der Waals surface area (Å²) in [5.41, 5.74) is 1.11. The van der Waals surface area contributed by atoms with Crippen LogP contribution in [0, 0.1) is 5.92 Å². The first kappa shape index (κ1) is 17.6. The first-order chi connectivity index (χ1) is 10.1. The predicted molar refractivity (Wildman–Crippen MR) is 86.6 cm³/mol. The Kier molecular flexibility index (Phi) is 7.37. The number of ether oxygens (including phenoxy) is 3. The first-order valence-electron chi connectivity index (χ1n) is 7.55. The molecular weight excluding hydrogens is 266 g/mol. The molecule has 0 saturated carbocycles. The molecule has 21 heavy (non-hydrogen) atoms. The summed E-state index contributed by atoms with van der Waals surface area (Å²) in [5.74, 6) is 2.83. The van der Waals surface area contributed by atoms with Crippen LogP contribution in [0.25, 0.3) is 0 Å². The van der Waals surface area contributed by atoms with Crippen molar-refractivity contribution in [2.24, 2.45) is 5.92 Å². The van der Waals surface area contributed by atoms with Crippen LogP contribution in [-0.4, -0.2) is 28.4 Å². The number of nitrogens with one attached hydrogen (secondary N) is 1. The number of hydrogen-bond acceptors (Lipinski definition) is 4. The average Bonchev–Trinajstić information content (AvgIpc) is 2.49. The second kappa shape index (κ2) is 8.78. The molecule has 1 N–H and O–H groups in total. The first-order valence-corrected chi connectivity index (χ1v) is 7.55. The highest BCUT2D eigenvalue weighted by Crippen LogP contribution is 2.42. The fraction of sp³-hybridized carbons (Fsp3) is 0.647. The van der Waals surface area contributed by atoms with Crippen LogP contribution < -0.4 is 19.5 Å². The van der Waals surface area contributed by atoms with Gasteiger partial charge in [0.25, 0.3) is 0 Å². The van der Waals surface area contributed by atoms with E-state index in [4.69, 9.17) is 14.2 Å². The Labute approximate surface area is 128 Å². The topological polar surface area (TPSA) is 39.7 Å². The van der Waals surface area contributed by atoms with Crippen LogP contribution in [0.15, 0.2) is 12.1 Å². The third-order valence-electron chi connectivity index (χ3n) is 3.73. The quantitative estimate of drug-likeness (QED) is 0.752. The number of hydrogen-bond donors (Lipinski definition) is 1. The summed E-state index contributed by atoms with van der Waals surface area (Å²) in [7, 11) is 6.92. The minimum atomic E-state index is 0.249. The maximum atomic E-state index is 5.58. The van der Waals surface area contributed by atoms with Crippen LogP contribution in [0.5, 0.6) is 17.2 Å². The molecule has 1 aromatic rings. The van der Waals surface area contributed by atoms with E-state index < -0.39 is 0 Å². The molecular formula is C17H29NO3. The molecule has 0 heterocycles. The summed E-state index contributed by atoms with van der Waals surface area (Å²) < 4.78 is 16.4. The van der Waals surface area contributed by atoms with Gasteiger partial charge in [0.15, 0.2) is 11.5 Å². The monoisotopic (exact) mass is 295 g/mol. The Morgan fingerprint density at radius 2 is 1.62 bits per heavy atom. The largest absolute Gasteiger partial charge is 0.493 e. The van der Waals surface area contributed by atoms with Crippen LogP contribution in [0.2, 0.25) is 0 Å². The minimum absolute atomic E-state index is 0.249. The molecule has 4 nitrogen and oxygen atoms in total. The van der Waals surface area contributed by atoms with E-state index in [0.717, 1.165) is 23.7 Å². The van der Waals surface area contributed by atoms with Crippen molar-refractivity contribution in [3.63, 3.8) is 0 Å². The lowest BCUT2D eigenvalue weighted by Crippen LogP contribution is -2.17. The lowest BCUT2D eigenvalue weighted by atomic mass is 9.97. The maximum Gasteiger partial charge on any atom is 0.203 e. The molecule has 4 heteroatoms. The Balaban J connectivity index is 3.03. The van der Waals surface area contributed by atoms with Gasteiger partial charge in [-0.05, 0) is 31.5 Å². The van der Waals surface area contributed by atoms with E-state index in [1.807, 2.05) is 13.1 Å². The van der Waals surface area contributed by atoms with E-state index in [9.17, 15) is 0 Å². The van der Waals surface area contributed by atoms with Crippen LogP contribution in [0.3, 0.4) is 0 Å². The van der Waals surface area contributed by atoms with Crippen molar-refractivity contribution in [1.29, 1.82) is 0 Å². The lowest BCUT2D eigenvalue weighted by Gasteiger charge is -2.22. The molecule has 1 rings (SSSR count). The van der Waals surface area contributed by atoms with Gasteiger partial charge >= 0.3 is 0 Å². The van der Waals surface area contributed by atoms with E-state index in [0.29, 0.717) is 11.5 Å². The lowest BCUT2D eigenvalue weighted by molar-refractivity contribution is 0.318. The highest BCUT2D eigenvalue weighted by atomic mass is 16.5. The summed E-state index contributed by atoms with van der Waals surface area (Å²) in [6, 6.07) is 4.23. The molecule has 0 aliphatic carbocycles. The van der Waals surface area contributed by atoms with Crippen molar-refractivity contribution < 1.29 is 14.2 Å². The highest BCUT2D eigenvalue weighted by molar-refractivity contribution is 5.56. The van der Waals surface area contributed by atoms with E-state index >= 15 is 0 Å². The molecule has 0 amide bonds. The van der Waals surface area contributed by atoms with Gasteiger partial charge < -0.3 is 19.5 Å². The Bertz CT molecular complexity index is 432. The van der Waals surface area contributed by atoms with Crippen molar-refractivity contribution in [1.82, 2.24) is 5.32 Å². The van der Waals surface area contributed by atoms with Gasteiger partial charge in [-0.1, -0.05) is 26.7 Å². The summed E-state index contributed by atoms with van der Waals surface area (Å²) in [6.45, 7) is 4.51. The zero-order chi connectivity index (χ0) is 15.8. The molecule has 120 valence electrons. The van der Waals surface area contributed by atoms with Gasteiger partial charge in [0.05, 0.1) is 21.3 Å². The minimum Gasteiger partial charge on any atom is -0.493 e. The number of rotatable bonds is 9. The van der Waals surface area contributed by atoms with Gasteiger partial charge in [-0.25, -0.2) is 0 Å². The summed E-state index contributed by atoms with van der Waals surface area (Å²) >= 11 is 0. The van der Waals surface area contributed by atoms with E-state index in [2.05, 4.69) is 25.2 Å². The summed E-state index contributed by atoms with van der Waals surface area (Å²) in [5, 5.41) is 3.38. The maximum absolute atomic E-state index is 5.58. The van der Waals surface area contributed by atoms with Crippen molar-refractivity contribution in [2.45, 2.75) is 39.2 Å². The normalized spacial score (nSPS) is 12.3. The number of methoxy groups -OCH3 is 3. The zero-order valence-electron chi connectivity index (χ0n) is 14.2. The smallest absolute Gasteiger partial charge is 0.203 e. The summed E-state index contributed by atoms with van der Waals surface area (Å²) in [4.78, 5) is 0. The van der Waals surface area contributed by atoms with E-state index in [1.165, 1.54) is 12.8 Å². The van der Waals surface area contributed by atoms with Gasteiger partial charge in [0.1, 0.15) is 0 Å². The second-order valence-electron chi connectivity index (χ2n) is 5.59. The van der Waals surface area contributed by atoms with Crippen LogP contribution in [0.4, 0.5) is 0 Å². The van der Waals surface area contributed by atoms with Gasteiger partial charge in [-0.2, -0.15) is 0 Å². The number of benzene rings is 1. The predicted octanol–water partition coefficient (Wildman–Crippen LogP) is 3.80. The third-order valence-corrected chi connectivity index (χ3v) is 3.73. The van der Waals surface area contributed by atoms with Crippen LogP contribution >= 0.6 is 0 Å². The molecule has 0 radical (unpaired) electrons. The van der Waals surface area contributed by atoms with Crippen molar-refractivity contribution in [3.05, 3.63) is 17.7 Å². The second-order valence-corrected chi connectivity index (χ2v) is 5.59. The third kappa shape index (κ3) is 4.53. The summed E-state index contributed by atoms with van der Waals surface area (Å²) in [6.07, 6.45) is 3.48. The van der Waals surface area contributed by atoms with Crippen molar-refractivity contribution in [3.8, 4) is 17.2 Å². The van der Waals surface area contributed by atoms with Crippen LogP contribution in [0.1, 0.15) is 44.7 Å². The molecule has 0 saturated heterocycles. The van der Waals surface area contributed by atoms with Crippen LogP contribution in [-0.2, 0) is 0 Å². The Morgan fingerprint density at radius 3 is 2.10 bits per heavy atom. The van der Waals surface area contributed by atoms with Crippen molar-refractivity contribution >= 4 is 0 Å². The van der Waals surface area contributed by atoms with Gasteiger partial charge in [-0.3, -0.25) is 0 Å². The highest BCUT2D eigenvalue weighted by Gasteiger charge is 2.21. The molecule has 0 spiro atoms. The van der Waals surface area contributed by atoms with Gasteiger partial charge in [0.2, 0.25) is 5.75 Å². The molecule has 0 aliphatic heterocycles. The molecule has 0 bridgehead atoms. The molecule has 1 atom stereocenters. The van der Waals surface area contributed by atoms with E-state index in [1.54, 1.807) is 21.3 Å². The molecule has 1 aromatic carbocycles. The molecule has 0 aliphatic rings. The standard InChI is InChI=1S/C17H29NO3/c1-12(2)8-7-9-14(18-3)13-10-11-15(19-4)17(21-6)16(13)20-5/h10-12,14,18H,7-9H2,1-6H3. The fourth-order valence-corrected chi connectivity index (χ4v) is 2.58. The fourth-order valence-electron chi connectivity index (χ4n) is 2.58.